The number of primary amides is 1. The van der Waals surface area contributed by atoms with Gasteiger partial charge < -0.3 is 25.6 Å². The van der Waals surface area contributed by atoms with Crippen LogP contribution in [-0.4, -0.2) is 42.6 Å². The topological polar surface area (TPSA) is 128 Å². The van der Waals surface area contributed by atoms with E-state index < -0.39 is 41.1 Å². The Morgan fingerprint density at radius 2 is 1.68 bits per heavy atom. The minimum absolute atomic E-state index is 0.0736. The molecular weight excluding hydrogens is 436 g/mol. The molecule has 0 unspecified atom stereocenters. The van der Waals surface area contributed by atoms with Crippen molar-refractivity contribution in [1.29, 1.82) is 0 Å². The smallest absolute Gasteiger partial charge is 0.310 e. The first kappa shape index (κ1) is 26.9. The van der Waals surface area contributed by atoms with Crippen LogP contribution in [0, 0.1) is 11.3 Å². The van der Waals surface area contributed by atoms with Gasteiger partial charge in [0.25, 0.3) is 0 Å². The second kappa shape index (κ2) is 12.2. The van der Waals surface area contributed by atoms with Gasteiger partial charge in [0.2, 0.25) is 11.8 Å². The molecule has 0 bridgehead atoms. The van der Waals surface area contributed by atoms with Gasteiger partial charge in [0.05, 0.1) is 32.2 Å². The largest absolute Gasteiger partial charge is 0.497 e. The summed E-state index contributed by atoms with van der Waals surface area (Å²) in [6.07, 6.45) is 0.0736. The molecule has 0 aliphatic heterocycles. The molecule has 34 heavy (non-hydrogen) atoms. The Kier molecular flexibility index (Phi) is 9.62. The van der Waals surface area contributed by atoms with Crippen molar-refractivity contribution in [2.45, 2.75) is 45.8 Å². The third-order valence-corrected chi connectivity index (χ3v) is 6.05. The van der Waals surface area contributed by atoms with Crippen LogP contribution in [0.4, 0.5) is 0 Å². The number of nitrogens with two attached hydrogens (primary N) is 1. The monoisotopic (exact) mass is 470 g/mol. The molecule has 0 aliphatic carbocycles. The second-order valence-electron chi connectivity index (χ2n) is 9.06. The molecule has 0 saturated carbocycles. The zero-order valence-corrected chi connectivity index (χ0v) is 20.1. The summed E-state index contributed by atoms with van der Waals surface area (Å²) in [7, 11) is 1.53. The molecule has 8 nitrogen and oxygen atoms in total. The summed E-state index contributed by atoms with van der Waals surface area (Å²) in [4.78, 5) is 37.2. The first-order valence-corrected chi connectivity index (χ1v) is 11.1. The van der Waals surface area contributed by atoms with E-state index in [1.807, 2.05) is 44.2 Å². The standard InChI is InChI=1S/C26H34N2O6/c1-17(26(2,3)14-22(27)29)28-24(30)23(19-10-12-20(33-4)13-11-19)21(25(31)32)16-34-15-18-8-6-5-7-9-18/h5-13,17,21,23H,14-16H2,1-4H3,(H2,27,29)(H,28,30)(H,31,32)/t17-,21-,23+/m0/s1. The molecule has 0 saturated heterocycles. The Morgan fingerprint density at radius 1 is 1.06 bits per heavy atom. The fourth-order valence-corrected chi connectivity index (χ4v) is 3.67. The number of ether oxygens (including phenoxy) is 2. The van der Waals surface area contributed by atoms with E-state index in [4.69, 9.17) is 15.2 Å². The lowest BCUT2D eigenvalue weighted by Gasteiger charge is -2.33. The van der Waals surface area contributed by atoms with Gasteiger partial charge in [0.1, 0.15) is 5.75 Å². The minimum Gasteiger partial charge on any atom is -0.497 e. The lowest BCUT2D eigenvalue weighted by atomic mass is 9.80. The average Bonchev–Trinajstić information content (AvgIpc) is 2.78. The van der Waals surface area contributed by atoms with Crippen molar-refractivity contribution < 1.29 is 29.0 Å². The normalized spacial score (nSPS) is 14.0. The number of hydrogen-bond acceptors (Lipinski definition) is 5. The maximum Gasteiger partial charge on any atom is 0.310 e. The van der Waals surface area contributed by atoms with Crippen molar-refractivity contribution in [3.8, 4) is 5.75 Å². The number of methoxy groups -OCH3 is 1. The quantitative estimate of drug-likeness (QED) is 0.413. The highest BCUT2D eigenvalue weighted by molar-refractivity contribution is 5.89. The van der Waals surface area contributed by atoms with E-state index in [-0.39, 0.29) is 19.6 Å². The van der Waals surface area contributed by atoms with Crippen LogP contribution in [0.2, 0.25) is 0 Å². The van der Waals surface area contributed by atoms with Crippen LogP contribution >= 0.6 is 0 Å². The Balaban J connectivity index is 2.29. The van der Waals surface area contributed by atoms with Gasteiger partial charge in [-0.25, -0.2) is 0 Å². The van der Waals surface area contributed by atoms with Crippen molar-refractivity contribution in [2.24, 2.45) is 17.1 Å². The van der Waals surface area contributed by atoms with Crippen molar-refractivity contribution in [1.82, 2.24) is 5.32 Å². The van der Waals surface area contributed by atoms with Crippen LogP contribution in [0.5, 0.6) is 5.75 Å². The van der Waals surface area contributed by atoms with E-state index >= 15 is 0 Å². The van der Waals surface area contributed by atoms with Gasteiger partial charge in [0, 0.05) is 12.5 Å². The van der Waals surface area contributed by atoms with Crippen LogP contribution in [0.15, 0.2) is 54.6 Å². The number of carboxylic acid groups (broad SMARTS) is 1. The number of rotatable bonds is 13. The number of carbonyl (C=O) groups is 3. The van der Waals surface area contributed by atoms with Crippen LogP contribution in [0.1, 0.15) is 44.2 Å². The van der Waals surface area contributed by atoms with Gasteiger partial charge in [-0.2, -0.15) is 0 Å². The van der Waals surface area contributed by atoms with E-state index in [1.165, 1.54) is 7.11 Å². The van der Waals surface area contributed by atoms with Gasteiger partial charge in [-0.1, -0.05) is 56.3 Å². The SMILES string of the molecule is COc1ccc([C@@H](C(=O)N[C@@H](C)C(C)(C)CC(N)=O)[C@H](COCc2ccccc2)C(=O)O)cc1. The van der Waals surface area contributed by atoms with Gasteiger partial charge in [-0.15, -0.1) is 0 Å². The van der Waals surface area contributed by atoms with Gasteiger partial charge in [0.15, 0.2) is 0 Å². The molecule has 0 heterocycles. The third kappa shape index (κ3) is 7.59. The predicted octanol–water partition coefficient (Wildman–Crippen LogP) is 3.10. The lowest BCUT2D eigenvalue weighted by molar-refractivity contribution is -0.148. The maximum atomic E-state index is 13.4. The van der Waals surface area contributed by atoms with Gasteiger partial charge in [-0.05, 0) is 35.6 Å². The van der Waals surface area contributed by atoms with Crippen LogP contribution in [0.25, 0.3) is 0 Å². The molecule has 0 spiro atoms. The summed E-state index contributed by atoms with van der Waals surface area (Å²) in [6, 6.07) is 15.7. The third-order valence-electron chi connectivity index (χ3n) is 6.05. The number of nitrogens with one attached hydrogen (secondary N) is 1. The molecule has 2 rings (SSSR count). The summed E-state index contributed by atoms with van der Waals surface area (Å²) in [6.45, 7) is 5.48. The molecule has 0 aliphatic rings. The fraction of sp³-hybridized carbons (Fsp3) is 0.423. The molecule has 2 aromatic rings. The number of carboxylic acids is 1. The molecule has 2 aromatic carbocycles. The highest BCUT2D eigenvalue weighted by atomic mass is 16.5. The summed E-state index contributed by atoms with van der Waals surface area (Å²) in [5, 5.41) is 12.9. The number of aliphatic carboxylic acids is 1. The van der Waals surface area contributed by atoms with Gasteiger partial charge >= 0.3 is 5.97 Å². The molecule has 3 atom stereocenters. The zero-order valence-electron chi connectivity index (χ0n) is 20.1. The summed E-state index contributed by atoms with van der Waals surface area (Å²) < 4.78 is 10.9. The highest BCUT2D eigenvalue weighted by Crippen LogP contribution is 2.30. The van der Waals surface area contributed by atoms with Crippen molar-refractivity contribution in [3.05, 3.63) is 65.7 Å². The molecule has 0 radical (unpaired) electrons. The number of carbonyl (C=O) groups excluding carboxylic acids is 2. The Bertz CT molecular complexity index is 959. The zero-order chi connectivity index (χ0) is 25.3. The fourth-order valence-electron chi connectivity index (χ4n) is 3.67. The van der Waals surface area contributed by atoms with E-state index in [0.717, 1.165) is 5.56 Å². The highest BCUT2D eigenvalue weighted by Gasteiger charge is 2.38. The lowest BCUT2D eigenvalue weighted by Crippen LogP contribution is -2.48. The number of hydrogen-bond donors (Lipinski definition) is 3. The second-order valence-corrected chi connectivity index (χ2v) is 9.06. The minimum atomic E-state index is -1.15. The van der Waals surface area contributed by atoms with E-state index in [2.05, 4.69) is 5.32 Å². The number of amides is 2. The molecule has 0 fully saturated rings. The summed E-state index contributed by atoms with van der Waals surface area (Å²) in [5.41, 5.74) is 6.17. The van der Waals surface area contributed by atoms with Crippen molar-refractivity contribution >= 4 is 17.8 Å². The van der Waals surface area contributed by atoms with Crippen LogP contribution in [0.3, 0.4) is 0 Å². The van der Waals surface area contributed by atoms with Gasteiger partial charge in [-0.3, -0.25) is 14.4 Å². The molecular formula is C26H34N2O6. The Hall–Kier alpha value is -3.39. The predicted molar refractivity (Wildman–Crippen MR) is 128 cm³/mol. The average molecular weight is 471 g/mol. The maximum absolute atomic E-state index is 13.4. The van der Waals surface area contributed by atoms with Crippen LogP contribution < -0.4 is 15.8 Å². The van der Waals surface area contributed by atoms with E-state index in [1.54, 1.807) is 31.2 Å². The molecule has 8 heteroatoms. The van der Waals surface area contributed by atoms with E-state index in [0.29, 0.717) is 11.3 Å². The summed E-state index contributed by atoms with van der Waals surface area (Å²) >= 11 is 0. The first-order chi connectivity index (χ1) is 16.0. The first-order valence-electron chi connectivity index (χ1n) is 11.1. The van der Waals surface area contributed by atoms with Crippen LogP contribution in [-0.2, 0) is 25.7 Å². The van der Waals surface area contributed by atoms with Crippen molar-refractivity contribution in [3.63, 3.8) is 0 Å². The Labute approximate surface area is 200 Å². The molecule has 184 valence electrons. The van der Waals surface area contributed by atoms with E-state index in [9.17, 15) is 19.5 Å². The summed E-state index contributed by atoms with van der Waals surface area (Å²) in [5.74, 6) is -3.66. The molecule has 4 N–H and O–H groups in total. The Morgan fingerprint density at radius 3 is 2.21 bits per heavy atom. The molecule has 2 amide bonds. The molecule has 0 aromatic heterocycles. The number of benzene rings is 2. The van der Waals surface area contributed by atoms with Crippen molar-refractivity contribution in [2.75, 3.05) is 13.7 Å².